The molecule has 0 aliphatic heterocycles. The Bertz CT molecular complexity index is 807. The van der Waals surface area contributed by atoms with E-state index in [2.05, 4.69) is 26.8 Å². The second-order valence-electron chi connectivity index (χ2n) is 9.80. The first-order chi connectivity index (χ1) is 14.2. The van der Waals surface area contributed by atoms with Gasteiger partial charge in [-0.1, -0.05) is 75.6 Å². The van der Waals surface area contributed by atoms with E-state index in [0.717, 1.165) is 37.7 Å². The van der Waals surface area contributed by atoms with Crippen LogP contribution in [0, 0.1) is 23.2 Å². The lowest BCUT2D eigenvalue weighted by Gasteiger charge is -2.29. The van der Waals surface area contributed by atoms with Gasteiger partial charge >= 0.3 is 5.97 Å². The summed E-state index contributed by atoms with van der Waals surface area (Å²) in [5.41, 5.74) is 2.30. The summed E-state index contributed by atoms with van der Waals surface area (Å²) in [5.74, 6) is -0.198. The maximum atomic E-state index is 11.5. The van der Waals surface area contributed by atoms with Crippen LogP contribution in [0.4, 0.5) is 0 Å². The number of benzene rings is 1. The van der Waals surface area contributed by atoms with Crippen molar-refractivity contribution < 1.29 is 20.1 Å². The number of fused-ring (bicyclic) bond motifs is 1. The molecule has 4 nitrogen and oxygen atoms in total. The lowest BCUT2D eigenvalue weighted by atomic mass is 9.80. The van der Waals surface area contributed by atoms with Crippen molar-refractivity contribution >= 4 is 5.97 Å². The average Bonchev–Trinajstić information content (AvgIpc) is 3.20. The predicted octanol–water partition coefficient (Wildman–Crippen LogP) is 5.00. The zero-order chi connectivity index (χ0) is 21.9. The molecule has 4 heteroatoms. The first-order valence-corrected chi connectivity index (χ1v) is 11.3. The highest BCUT2D eigenvalue weighted by Gasteiger charge is 2.43. The fourth-order valence-electron chi connectivity index (χ4n) is 5.14. The number of aliphatic hydroxyl groups is 2. The molecule has 3 rings (SSSR count). The van der Waals surface area contributed by atoms with Crippen molar-refractivity contribution in [2.45, 2.75) is 71.5 Å². The lowest BCUT2D eigenvalue weighted by molar-refractivity contribution is 0.0695. The van der Waals surface area contributed by atoms with E-state index in [1.807, 2.05) is 24.3 Å². The Balaban J connectivity index is 1.66. The molecule has 0 radical (unpaired) electrons. The first-order valence-electron chi connectivity index (χ1n) is 11.3. The molecule has 0 aromatic heterocycles. The van der Waals surface area contributed by atoms with Crippen LogP contribution in [-0.4, -0.2) is 33.5 Å². The molecule has 164 valence electrons. The van der Waals surface area contributed by atoms with Crippen molar-refractivity contribution in [3.05, 3.63) is 59.2 Å². The van der Waals surface area contributed by atoms with Crippen LogP contribution >= 0.6 is 0 Å². The number of hydrogen-bond donors (Lipinski definition) is 3. The summed E-state index contributed by atoms with van der Waals surface area (Å²) < 4.78 is 0. The molecule has 0 amide bonds. The molecule has 1 aromatic rings. The van der Waals surface area contributed by atoms with E-state index in [0.29, 0.717) is 23.8 Å². The van der Waals surface area contributed by atoms with Gasteiger partial charge < -0.3 is 15.3 Å². The van der Waals surface area contributed by atoms with Gasteiger partial charge in [-0.2, -0.15) is 0 Å². The van der Waals surface area contributed by atoms with Gasteiger partial charge in [0.15, 0.2) is 0 Å². The van der Waals surface area contributed by atoms with Crippen molar-refractivity contribution in [3.8, 4) is 0 Å². The summed E-state index contributed by atoms with van der Waals surface area (Å²) in [5, 5.41) is 30.7. The number of aliphatic hydroxyl groups excluding tert-OH is 2. The highest BCUT2D eigenvalue weighted by Crippen LogP contribution is 2.48. The smallest absolute Gasteiger partial charge is 0.335 e. The van der Waals surface area contributed by atoms with Crippen LogP contribution in [0.5, 0.6) is 0 Å². The van der Waals surface area contributed by atoms with Gasteiger partial charge in [0.05, 0.1) is 17.8 Å². The minimum absolute atomic E-state index is 0.0371. The molecule has 30 heavy (non-hydrogen) atoms. The van der Waals surface area contributed by atoms with E-state index >= 15 is 0 Å². The number of hydrogen-bond acceptors (Lipinski definition) is 3. The number of carboxylic acids is 1. The van der Waals surface area contributed by atoms with Gasteiger partial charge in [-0.25, -0.2) is 4.79 Å². The maximum Gasteiger partial charge on any atom is 0.335 e. The van der Waals surface area contributed by atoms with E-state index in [9.17, 15) is 20.1 Å². The Morgan fingerprint density at radius 2 is 2.03 bits per heavy atom. The molecule has 1 aromatic carbocycles. The number of rotatable bonds is 9. The van der Waals surface area contributed by atoms with Gasteiger partial charge in [0.1, 0.15) is 0 Å². The van der Waals surface area contributed by atoms with Crippen LogP contribution in [0.2, 0.25) is 0 Å². The summed E-state index contributed by atoms with van der Waals surface area (Å²) >= 11 is 0. The molecule has 5 atom stereocenters. The van der Waals surface area contributed by atoms with E-state index in [1.54, 1.807) is 12.1 Å². The third-order valence-corrected chi connectivity index (χ3v) is 7.11. The van der Waals surface area contributed by atoms with Crippen LogP contribution < -0.4 is 0 Å². The van der Waals surface area contributed by atoms with Gasteiger partial charge in [-0.3, -0.25) is 0 Å². The third-order valence-electron chi connectivity index (χ3n) is 7.11. The van der Waals surface area contributed by atoms with Crippen molar-refractivity contribution in [2.75, 3.05) is 0 Å². The lowest BCUT2D eigenvalue weighted by Crippen LogP contribution is -2.28. The minimum Gasteiger partial charge on any atom is -0.478 e. The summed E-state index contributed by atoms with van der Waals surface area (Å²) in [7, 11) is 0. The summed E-state index contributed by atoms with van der Waals surface area (Å²) in [4.78, 5) is 11.5. The molecule has 3 N–H and O–H groups in total. The molecular weight excluding hydrogens is 376 g/mol. The second-order valence-corrected chi connectivity index (χ2v) is 9.80. The topological polar surface area (TPSA) is 77.8 Å². The molecule has 0 saturated heterocycles. The minimum atomic E-state index is -0.889. The molecular formula is C26H36O4. The Morgan fingerprint density at radius 1 is 1.30 bits per heavy atom. The fraction of sp³-hybridized carbons (Fsp3) is 0.577. The largest absolute Gasteiger partial charge is 0.478 e. The Hall–Kier alpha value is -1.91. The maximum absolute atomic E-state index is 11.5. The molecule has 0 spiro atoms. The van der Waals surface area contributed by atoms with E-state index < -0.39 is 12.1 Å². The van der Waals surface area contributed by atoms with Crippen LogP contribution in [0.1, 0.15) is 68.8 Å². The number of allylic oxidation sites excluding steroid dienone is 2. The molecule has 1 saturated carbocycles. The SMILES string of the molecule is CCCCC(C)(C)[C@@H](O)C=C[C@H]1[C@H]2CC(Cc3ccccc3C(=O)O)=C[C@H]2C[C@H]1O. The second kappa shape index (κ2) is 9.49. The molecule has 2 aliphatic carbocycles. The molecule has 0 heterocycles. The van der Waals surface area contributed by atoms with Crippen LogP contribution in [-0.2, 0) is 6.42 Å². The summed E-state index contributed by atoms with van der Waals surface area (Å²) in [6.45, 7) is 6.36. The van der Waals surface area contributed by atoms with Gasteiger partial charge in [-0.05, 0) is 54.6 Å². The summed E-state index contributed by atoms with van der Waals surface area (Å²) in [6, 6.07) is 7.19. The van der Waals surface area contributed by atoms with Crippen molar-refractivity contribution in [1.29, 1.82) is 0 Å². The average molecular weight is 413 g/mol. The fourth-order valence-corrected chi connectivity index (χ4v) is 5.14. The standard InChI is InChI=1S/C26H36O4/c1-4-5-12-26(2,3)24(28)11-10-21-22-15-17(14-19(22)16-23(21)27)13-18-8-6-7-9-20(18)25(29)30/h6-11,14,19,21-24,27-28H,4-5,12-13,15-16H2,1-3H3,(H,29,30)/t19-,21-,22-,23+,24-/m0/s1. The van der Waals surface area contributed by atoms with Gasteiger partial charge in [0.25, 0.3) is 0 Å². The highest BCUT2D eigenvalue weighted by molar-refractivity contribution is 5.89. The van der Waals surface area contributed by atoms with Gasteiger partial charge in [0, 0.05) is 5.92 Å². The number of carbonyl (C=O) groups is 1. The molecule has 1 fully saturated rings. The Morgan fingerprint density at radius 3 is 2.73 bits per heavy atom. The molecule has 2 aliphatic rings. The highest BCUT2D eigenvalue weighted by atomic mass is 16.4. The Labute approximate surface area is 180 Å². The number of unbranched alkanes of at least 4 members (excludes halogenated alkanes) is 1. The normalized spacial score (nSPS) is 27.3. The van der Waals surface area contributed by atoms with E-state index in [1.165, 1.54) is 5.57 Å². The number of aromatic carboxylic acids is 1. The van der Waals surface area contributed by atoms with Gasteiger partial charge in [0.2, 0.25) is 0 Å². The zero-order valence-electron chi connectivity index (χ0n) is 18.4. The van der Waals surface area contributed by atoms with Crippen LogP contribution in [0.25, 0.3) is 0 Å². The zero-order valence-corrected chi connectivity index (χ0v) is 18.4. The third kappa shape index (κ3) is 5.04. The summed E-state index contributed by atoms with van der Waals surface area (Å²) in [6.07, 6.45) is 10.7. The quantitative estimate of drug-likeness (QED) is 0.499. The molecule has 0 unspecified atom stereocenters. The van der Waals surface area contributed by atoms with Crippen molar-refractivity contribution in [3.63, 3.8) is 0 Å². The van der Waals surface area contributed by atoms with Crippen molar-refractivity contribution in [1.82, 2.24) is 0 Å². The van der Waals surface area contributed by atoms with Crippen molar-refractivity contribution in [2.24, 2.45) is 23.2 Å². The molecule has 0 bridgehead atoms. The Kier molecular flexibility index (Phi) is 7.20. The van der Waals surface area contributed by atoms with Crippen LogP contribution in [0.15, 0.2) is 48.1 Å². The van der Waals surface area contributed by atoms with E-state index in [-0.39, 0.29) is 17.4 Å². The first kappa shape index (κ1) is 22.8. The van der Waals surface area contributed by atoms with E-state index in [4.69, 9.17) is 0 Å². The van der Waals surface area contributed by atoms with Gasteiger partial charge in [-0.15, -0.1) is 0 Å². The monoisotopic (exact) mass is 412 g/mol. The predicted molar refractivity (Wildman–Crippen MR) is 119 cm³/mol. The number of carboxylic acid groups (broad SMARTS) is 1. The van der Waals surface area contributed by atoms with Crippen LogP contribution in [0.3, 0.4) is 0 Å².